The fourth-order valence-electron chi connectivity index (χ4n) is 3.04. The highest BCUT2D eigenvalue weighted by Crippen LogP contribution is 2.28. The number of thioether (sulfide) groups is 1. The summed E-state index contributed by atoms with van der Waals surface area (Å²) in [6, 6.07) is 12.8. The highest BCUT2D eigenvalue weighted by molar-refractivity contribution is 8.14. The third-order valence-electron chi connectivity index (χ3n) is 4.45. The van der Waals surface area contributed by atoms with E-state index >= 15 is 0 Å². The third kappa shape index (κ3) is 4.55. The van der Waals surface area contributed by atoms with Gasteiger partial charge in [-0.15, -0.1) is 21.8 Å². The molecule has 7 nitrogen and oxygen atoms in total. The molecule has 0 amide bonds. The molecule has 2 heterocycles. The summed E-state index contributed by atoms with van der Waals surface area (Å²) >= 11 is 7.47. The first-order valence-corrected chi connectivity index (χ1v) is 10.5. The summed E-state index contributed by atoms with van der Waals surface area (Å²) in [5.41, 5.74) is 4.43. The lowest BCUT2D eigenvalue weighted by Gasteiger charge is -2.05. The zero-order valence-electron chi connectivity index (χ0n) is 16.0. The minimum absolute atomic E-state index is 0.0889. The molecule has 1 aliphatic heterocycles. The molecule has 0 fully saturated rings. The van der Waals surface area contributed by atoms with E-state index in [4.69, 9.17) is 11.6 Å². The van der Waals surface area contributed by atoms with Gasteiger partial charge in [0, 0.05) is 29.1 Å². The smallest absolute Gasteiger partial charge is 0.237 e. The number of carbonyl (C=O) groups is 1. The summed E-state index contributed by atoms with van der Waals surface area (Å²) in [4.78, 5) is 22.5. The highest BCUT2D eigenvalue weighted by Gasteiger charge is 2.19. The molecule has 0 spiro atoms. The van der Waals surface area contributed by atoms with E-state index in [9.17, 15) is 9.70 Å². The maximum absolute atomic E-state index is 11.3. The van der Waals surface area contributed by atoms with Crippen LogP contribution < -0.4 is 4.68 Å². The van der Waals surface area contributed by atoms with Crippen LogP contribution in [0.25, 0.3) is 16.8 Å². The van der Waals surface area contributed by atoms with Gasteiger partial charge in [0.2, 0.25) is 11.9 Å². The van der Waals surface area contributed by atoms with Crippen LogP contribution in [0.5, 0.6) is 0 Å². The van der Waals surface area contributed by atoms with Gasteiger partial charge in [-0.2, -0.15) is 10.2 Å². The summed E-state index contributed by atoms with van der Waals surface area (Å²) in [5.74, 6) is 0.460. The number of H-pyrrole nitrogens is 1. The molecule has 4 rings (SSSR count). The molecular formula is C21H17ClN5O2S+. The van der Waals surface area contributed by atoms with E-state index in [1.165, 1.54) is 11.8 Å². The lowest BCUT2D eigenvalue weighted by Crippen LogP contribution is -2.31. The van der Waals surface area contributed by atoms with Crippen LogP contribution in [0.2, 0.25) is 5.02 Å². The minimum atomic E-state index is 0.0889. The Morgan fingerprint density at radius 1 is 1.20 bits per heavy atom. The molecule has 150 valence electrons. The van der Waals surface area contributed by atoms with Crippen molar-refractivity contribution in [2.45, 2.75) is 13.3 Å². The van der Waals surface area contributed by atoms with Crippen LogP contribution in [0.3, 0.4) is 0 Å². The molecule has 0 aliphatic carbocycles. The number of Topliss-reactive ketones (excluding diaryl/α,β-unsaturated/α-hetero) is 1. The van der Waals surface area contributed by atoms with Gasteiger partial charge in [-0.3, -0.25) is 4.79 Å². The quantitative estimate of drug-likeness (QED) is 0.441. The Hall–Kier alpha value is -3.10. The van der Waals surface area contributed by atoms with Crippen LogP contribution in [0.15, 0.2) is 70.2 Å². The fourth-order valence-corrected chi connectivity index (χ4v) is 3.93. The van der Waals surface area contributed by atoms with Gasteiger partial charge in [-0.1, -0.05) is 22.3 Å². The van der Waals surface area contributed by atoms with Crippen LogP contribution in [0.4, 0.5) is 5.69 Å². The van der Waals surface area contributed by atoms with E-state index in [1.54, 1.807) is 19.1 Å². The Kier molecular flexibility index (Phi) is 5.87. The molecule has 0 atom stereocenters. The average molecular weight is 439 g/mol. The van der Waals surface area contributed by atoms with Gasteiger partial charge in [-0.05, 0) is 41.9 Å². The van der Waals surface area contributed by atoms with E-state index in [-0.39, 0.29) is 5.78 Å². The van der Waals surface area contributed by atoms with Crippen molar-refractivity contribution in [3.63, 3.8) is 0 Å². The first-order valence-electron chi connectivity index (χ1n) is 9.12. The van der Waals surface area contributed by atoms with Crippen LogP contribution >= 0.6 is 23.4 Å². The molecule has 1 aliphatic rings. The number of nitrogens with zero attached hydrogens (tertiary/aromatic N) is 4. The molecule has 9 heteroatoms. The molecule has 0 saturated carbocycles. The first-order chi connectivity index (χ1) is 14.5. The molecule has 1 N–H and O–H groups in total. The van der Waals surface area contributed by atoms with E-state index in [0.717, 1.165) is 33.1 Å². The number of carbonyl (C=O) groups excluding carboxylic acids is 1. The summed E-state index contributed by atoms with van der Waals surface area (Å²) in [5, 5.41) is 16.1. The molecule has 0 bridgehead atoms. The summed E-state index contributed by atoms with van der Waals surface area (Å²) < 4.78 is 1.84. The lowest BCUT2D eigenvalue weighted by molar-refractivity contribution is -0.655. The number of aromatic nitrogens is 2. The monoisotopic (exact) mass is 438 g/mol. The minimum Gasteiger partial charge on any atom is -0.299 e. The van der Waals surface area contributed by atoms with Crippen molar-refractivity contribution in [3.8, 4) is 16.8 Å². The SMILES string of the molecule is CC(=O)CSC1=NN=C(c2cc(N=O)cc(-c3c[nH][n+](-c4cccc(Cl)c4)c3)c2)C1. The zero-order valence-corrected chi connectivity index (χ0v) is 17.6. The van der Waals surface area contributed by atoms with E-state index in [2.05, 4.69) is 20.5 Å². The fraction of sp³-hybridized carbons (Fsp3) is 0.143. The predicted molar refractivity (Wildman–Crippen MR) is 120 cm³/mol. The number of aromatic amines is 1. The van der Waals surface area contributed by atoms with Crippen molar-refractivity contribution in [2.75, 3.05) is 5.75 Å². The van der Waals surface area contributed by atoms with Gasteiger partial charge in [-0.25, -0.2) is 0 Å². The zero-order chi connectivity index (χ0) is 21.1. The Morgan fingerprint density at radius 3 is 2.80 bits per heavy atom. The Morgan fingerprint density at radius 2 is 2.03 bits per heavy atom. The number of halogens is 1. The molecule has 0 unspecified atom stereocenters. The van der Waals surface area contributed by atoms with E-state index in [1.807, 2.05) is 47.4 Å². The van der Waals surface area contributed by atoms with Gasteiger partial charge in [0.15, 0.2) is 0 Å². The van der Waals surface area contributed by atoms with E-state index in [0.29, 0.717) is 22.9 Å². The van der Waals surface area contributed by atoms with Crippen molar-refractivity contribution in [2.24, 2.45) is 15.4 Å². The molecular weight excluding hydrogens is 422 g/mol. The van der Waals surface area contributed by atoms with Crippen molar-refractivity contribution in [3.05, 3.63) is 70.4 Å². The number of nitrogens with one attached hydrogen (secondary N) is 1. The molecule has 30 heavy (non-hydrogen) atoms. The van der Waals surface area contributed by atoms with Crippen molar-refractivity contribution >= 4 is 45.6 Å². The van der Waals surface area contributed by atoms with Crippen molar-refractivity contribution < 1.29 is 9.48 Å². The number of hydrogen-bond donors (Lipinski definition) is 1. The number of hydrogen-bond acceptors (Lipinski definition) is 6. The Bertz CT molecular complexity index is 1200. The van der Waals surface area contributed by atoms with Crippen LogP contribution in [0, 0.1) is 4.91 Å². The van der Waals surface area contributed by atoms with Gasteiger partial charge < -0.3 is 0 Å². The van der Waals surface area contributed by atoms with Gasteiger partial charge >= 0.3 is 0 Å². The Balaban J connectivity index is 1.60. The summed E-state index contributed by atoms with van der Waals surface area (Å²) in [6.07, 6.45) is 4.28. The predicted octanol–water partition coefficient (Wildman–Crippen LogP) is 4.84. The average Bonchev–Trinajstić information content (AvgIpc) is 3.42. The first kappa shape index (κ1) is 20.2. The molecule has 0 radical (unpaired) electrons. The maximum atomic E-state index is 11.3. The number of benzene rings is 2. The topological polar surface area (TPSA) is 90.9 Å². The van der Waals surface area contributed by atoms with Crippen LogP contribution in [0.1, 0.15) is 18.9 Å². The second-order valence-electron chi connectivity index (χ2n) is 6.78. The summed E-state index contributed by atoms with van der Waals surface area (Å²) in [6.45, 7) is 1.54. The molecule has 0 saturated heterocycles. The van der Waals surface area contributed by atoms with Crippen molar-refractivity contribution in [1.29, 1.82) is 0 Å². The van der Waals surface area contributed by atoms with Gasteiger partial charge in [0.25, 0.3) is 0 Å². The molecule has 1 aromatic heterocycles. The highest BCUT2D eigenvalue weighted by atomic mass is 35.5. The second-order valence-corrected chi connectivity index (χ2v) is 8.26. The molecule has 3 aromatic rings. The van der Waals surface area contributed by atoms with Crippen molar-refractivity contribution in [1.82, 2.24) is 5.10 Å². The maximum Gasteiger partial charge on any atom is 0.237 e. The number of rotatable bonds is 6. The second kappa shape index (κ2) is 8.73. The third-order valence-corrected chi connectivity index (χ3v) is 5.79. The largest absolute Gasteiger partial charge is 0.299 e. The van der Waals surface area contributed by atoms with Crippen LogP contribution in [-0.4, -0.2) is 27.4 Å². The number of ketones is 1. The van der Waals surface area contributed by atoms with Gasteiger partial charge in [0.05, 0.1) is 23.2 Å². The lowest BCUT2D eigenvalue weighted by atomic mass is 10.0. The molecule has 2 aromatic carbocycles. The Labute approximate surface area is 181 Å². The summed E-state index contributed by atoms with van der Waals surface area (Å²) in [7, 11) is 0. The standard InChI is InChI=1S/C21H16ClN5O2S/c1-13(28)12-30-21-9-20(24-25-21)15-5-14(6-18(7-15)26-29)16-10-23-27(11-16)19-4-2-3-17(22)8-19/h2-8,10-11H,9,12H2,1H3/p+1. The number of nitroso groups, excluding NO2 is 1. The van der Waals surface area contributed by atoms with E-state index < -0.39 is 0 Å². The van der Waals surface area contributed by atoms with Crippen LogP contribution in [-0.2, 0) is 4.79 Å². The normalized spacial score (nSPS) is 13.1. The van der Waals surface area contributed by atoms with Gasteiger partial charge in [0.1, 0.15) is 16.5 Å².